The molecule has 2 unspecified atom stereocenters. The minimum absolute atomic E-state index is 0.204. The topological polar surface area (TPSA) is 61.3 Å². The van der Waals surface area contributed by atoms with E-state index in [1.165, 1.54) is 0 Å². The largest absolute Gasteiger partial charge is 0.392 e. The van der Waals surface area contributed by atoms with Crippen LogP contribution in [0.3, 0.4) is 0 Å². The fourth-order valence-corrected chi connectivity index (χ4v) is 2.84. The SMILES string of the molecule is CCNc1nnc(CN2CCC(C)C(O)C2)s1. The first-order valence-corrected chi connectivity index (χ1v) is 6.97. The molecule has 17 heavy (non-hydrogen) atoms. The number of β-amino-alcohol motifs (C(OH)–C–C–N with tert-alkyl or cyclic N) is 1. The molecule has 0 saturated carbocycles. The monoisotopic (exact) mass is 256 g/mol. The van der Waals surface area contributed by atoms with Gasteiger partial charge in [0.2, 0.25) is 5.13 Å². The van der Waals surface area contributed by atoms with Crippen LogP contribution in [0.2, 0.25) is 0 Å². The zero-order chi connectivity index (χ0) is 12.3. The van der Waals surface area contributed by atoms with E-state index < -0.39 is 0 Å². The number of hydrogen-bond donors (Lipinski definition) is 2. The van der Waals surface area contributed by atoms with E-state index in [0.29, 0.717) is 5.92 Å². The molecular formula is C11H20N4OS. The van der Waals surface area contributed by atoms with E-state index >= 15 is 0 Å². The van der Waals surface area contributed by atoms with Crippen LogP contribution in [0.15, 0.2) is 0 Å². The number of anilines is 1. The first kappa shape index (κ1) is 12.7. The van der Waals surface area contributed by atoms with E-state index in [-0.39, 0.29) is 6.10 Å². The molecule has 6 heteroatoms. The van der Waals surface area contributed by atoms with E-state index in [0.717, 1.165) is 42.7 Å². The Bertz CT molecular complexity index is 357. The third kappa shape index (κ3) is 3.37. The summed E-state index contributed by atoms with van der Waals surface area (Å²) in [7, 11) is 0. The van der Waals surface area contributed by atoms with Gasteiger partial charge in [-0.15, -0.1) is 10.2 Å². The minimum atomic E-state index is -0.204. The van der Waals surface area contributed by atoms with Gasteiger partial charge < -0.3 is 10.4 Å². The fourth-order valence-electron chi connectivity index (χ4n) is 1.99. The summed E-state index contributed by atoms with van der Waals surface area (Å²) >= 11 is 1.60. The van der Waals surface area contributed by atoms with Crippen LogP contribution >= 0.6 is 11.3 Å². The van der Waals surface area contributed by atoms with Crippen LogP contribution in [0.25, 0.3) is 0 Å². The van der Waals surface area contributed by atoms with Crippen LogP contribution in [0, 0.1) is 5.92 Å². The number of aliphatic hydroxyl groups excluding tert-OH is 1. The molecule has 2 rings (SSSR count). The van der Waals surface area contributed by atoms with Gasteiger partial charge in [0.05, 0.1) is 12.6 Å². The van der Waals surface area contributed by atoms with E-state index in [1.54, 1.807) is 11.3 Å². The summed E-state index contributed by atoms with van der Waals surface area (Å²) in [5, 5.41) is 23.1. The molecule has 0 bridgehead atoms. The van der Waals surface area contributed by atoms with Crippen molar-refractivity contribution in [1.29, 1.82) is 0 Å². The third-order valence-corrected chi connectivity index (χ3v) is 4.02. The number of piperidine rings is 1. The Morgan fingerprint density at radius 3 is 3.06 bits per heavy atom. The van der Waals surface area contributed by atoms with E-state index in [9.17, 15) is 5.11 Å². The van der Waals surface area contributed by atoms with Gasteiger partial charge in [-0.05, 0) is 25.8 Å². The van der Waals surface area contributed by atoms with Crippen molar-refractivity contribution in [3.8, 4) is 0 Å². The Morgan fingerprint density at radius 1 is 1.53 bits per heavy atom. The summed E-state index contributed by atoms with van der Waals surface area (Å²) in [5.74, 6) is 0.415. The normalized spacial score (nSPS) is 26.1. The van der Waals surface area contributed by atoms with Gasteiger partial charge in [-0.3, -0.25) is 4.90 Å². The molecule has 0 aromatic carbocycles. The van der Waals surface area contributed by atoms with E-state index in [1.807, 2.05) is 6.92 Å². The lowest BCUT2D eigenvalue weighted by Crippen LogP contribution is -2.42. The Balaban J connectivity index is 1.87. The van der Waals surface area contributed by atoms with Crippen molar-refractivity contribution in [3.05, 3.63) is 5.01 Å². The average molecular weight is 256 g/mol. The number of aromatic nitrogens is 2. The average Bonchev–Trinajstić information content (AvgIpc) is 2.72. The molecule has 1 fully saturated rings. The summed E-state index contributed by atoms with van der Waals surface area (Å²) in [6.07, 6.45) is 0.852. The van der Waals surface area contributed by atoms with Crippen molar-refractivity contribution in [2.45, 2.75) is 32.9 Å². The van der Waals surface area contributed by atoms with Gasteiger partial charge >= 0.3 is 0 Å². The van der Waals surface area contributed by atoms with Gasteiger partial charge in [0.1, 0.15) is 5.01 Å². The summed E-state index contributed by atoms with van der Waals surface area (Å²) < 4.78 is 0. The molecule has 1 aliphatic heterocycles. The van der Waals surface area contributed by atoms with E-state index in [2.05, 4.69) is 27.3 Å². The number of aliphatic hydroxyl groups is 1. The van der Waals surface area contributed by atoms with E-state index in [4.69, 9.17) is 0 Å². The molecule has 2 heterocycles. The molecule has 1 aromatic rings. The second-order valence-electron chi connectivity index (χ2n) is 4.60. The molecule has 0 aliphatic carbocycles. The second kappa shape index (κ2) is 5.75. The number of rotatable bonds is 4. The van der Waals surface area contributed by atoms with Gasteiger partial charge in [0.25, 0.3) is 0 Å². The highest BCUT2D eigenvalue weighted by molar-refractivity contribution is 7.15. The maximum Gasteiger partial charge on any atom is 0.205 e. The molecule has 5 nitrogen and oxygen atoms in total. The van der Waals surface area contributed by atoms with Crippen molar-refractivity contribution >= 4 is 16.5 Å². The zero-order valence-electron chi connectivity index (χ0n) is 10.4. The quantitative estimate of drug-likeness (QED) is 0.847. The lowest BCUT2D eigenvalue weighted by molar-refractivity contribution is 0.0258. The molecule has 0 amide bonds. The minimum Gasteiger partial charge on any atom is -0.392 e. The third-order valence-electron chi connectivity index (χ3n) is 3.16. The van der Waals surface area contributed by atoms with Crippen molar-refractivity contribution in [2.75, 3.05) is 25.0 Å². The van der Waals surface area contributed by atoms with Crippen LogP contribution in [0.1, 0.15) is 25.3 Å². The lowest BCUT2D eigenvalue weighted by Gasteiger charge is -2.33. The number of nitrogens with zero attached hydrogens (tertiary/aromatic N) is 3. The predicted molar refractivity (Wildman–Crippen MR) is 69.1 cm³/mol. The maximum absolute atomic E-state index is 9.83. The standard InChI is InChI=1S/C11H20N4OS/c1-3-12-11-14-13-10(17-11)7-15-5-4-8(2)9(16)6-15/h8-9,16H,3-7H2,1-2H3,(H,12,14). The second-order valence-corrected chi connectivity index (χ2v) is 5.66. The van der Waals surface area contributed by atoms with Crippen molar-refractivity contribution in [3.63, 3.8) is 0 Å². The van der Waals surface area contributed by atoms with Crippen molar-refractivity contribution in [1.82, 2.24) is 15.1 Å². The highest BCUT2D eigenvalue weighted by Crippen LogP contribution is 2.21. The van der Waals surface area contributed by atoms with Crippen molar-refractivity contribution in [2.24, 2.45) is 5.92 Å². The highest BCUT2D eigenvalue weighted by atomic mass is 32.1. The van der Waals surface area contributed by atoms with Crippen LogP contribution < -0.4 is 5.32 Å². The Kier molecular flexibility index (Phi) is 4.31. The van der Waals surface area contributed by atoms with Crippen LogP contribution in [0.4, 0.5) is 5.13 Å². The molecule has 96 valence electrons. The summed E-state index contributed by atoms with van der Waals surface area (Å²) in [4.78, 5) is 2.25. The lowest BCUT2D eigenvalue weighted by atomic mass is 9.96. The smallest absolute Gasteiger partial charge is 0.205 e. The fraction of sp³-hybridized carbons (Fsp3) is 0.818. The maximum atomic E-state index is 9.83. The zero-order valence-corrected chi connectivity index (χ0v) is 11.2. The van der Waals surface area contributed by atoms with Crippen LogP contribution in [0.5, 0.6) is 0 Å². The summed E-state index contributed by atoms with van der Waals surface area (Å²) in [5.41, 5.74) is 0. The van der Waals surface area contributed by atoms with Gasteiger partial charge in [-0.2, -0.15) is 0 Å². The Labute approximate surface area is 106 Å². The first-order valence-electron chi connectivity index (χ1n) is 6.15. The Morgan fingerprint density at radius 2 is 2.35 bits per heavy atom. The van der Waals surface area contributed by atoms with Gasteiger partial charge in [-0.25, -0.2) is 0 Å². The Hall–Kier alpha value is -0.720. The molecule has 2 atom stereocenters. The van der Waals surface area contributed by atoms with Crippen LogP contribution in [-0.4, -0.2) is 45.9 Å². The van der Waals surface area contributed by atoms with Gasteiger partial charge in [0.15, 0.2) is 0 Å². The molecule has 0 radical (unpaired) electrons. The first-order chi connectivity index (χ1) is 8.19. The summed E-state index contributed by atoms with van der Waals surface area (Å²) in [6, 6.07) is 0. The van der Waals surface area contributed by atoms with Crippen LogP contribution in [-0.2, 0) is 6.54 Å². The molecule has 0 spiro atoms. The predicted octanol–water partition coefficient (Wildman–Crippen LogP) is 1.17. The summed E-state index contributed by atoms with van der Waals surface area (Å²) in [6.45, 7) is 7.60. The number of likely N-dealkylation sites (tertiary alicyclic amines) is 1. The molecule has 2 N–H and O–H groups in total. The number of nitrogens with one attached hydrogen (secondary N) is 1. The molecule has 1 saturated heterocycles. The van der Waals surface area contributed by atoms with Crippen molar-refractivity contribution < 1.29 is 5.11 Å². The number of hydrogen-bond acceptors (Lipinski definition) is 6. The highest BCUT2D eigenvalue weighted by Gasteiger charge is 2.24. The molecule has 1 aromatic heterocycles. The van der Waals surface area contributed by atoms with Gasteiger partial charge in [-0.1, -0.05) is 18.3 Å². The molecule has 1 aliphatic rings. The molecular weight excluding hydrogens is 236 g/mol. The van der Waals surface area contributed by atoms with Gasteiger partial charge in [0, 0.05) is 13.1 Å².